The van der Waals surface area contributed by atoms with Crippen molar-refractivity contribution in [3.8, 4) is 5.75 Å². The topological polar surface area (TPSA) is 69.9 Å². The summed E-state index contributed by atoms with van der Waals surface area (Å²) in [5.74, 6) is 0.190. The molecule has 1 atom stereocenters. The van der Waals surface area contributed by atoms with Crippen molar-refractivity contribution < 1.29 is 14.3 Å². The first-order chi connectivity index (χ1) is 18.9. The third-order valence-corrected chi connectivity index (χ3v) is 7.42. The summed E-state index contributed by atoms with van der Waals surface area (Å²) in [6.45, 7) is 5.88. The fourth-order valence-corrected chi connectivity index (χ4v) is 5.48. The van der Waals surface area contributed by atoms with E-state index in [-0.39, 0.29) is 12.2 Å². The summed E-state index contributed by atoms with van der Waals surface area (Å²) in [4.78, 5) is 31.9. The first kappa shape index (κ1) is 26.4. The fourth-order valence-electron chi connectivity index (χ4n) is 4.31. The van der Waals surface area contributed by atoms with E-state index in [1.165, 1.54) is 17.4 Å². The number of carbonyl (C=O) groups excluding carboxylic acids is 1. The van der Waals surface area contributed by atoms with E-state index in [2.05, 4.69) is 11.6 Å². The molecule has 8 heteroatoms. The second-order valence-electron chi connectivity index (χ2n) is 8.86. The minimum Gasteiger partial charge on any atom is -0.489 e. The number of benzene rings is 3. The molecular formula is C31H25ClN2O4S. The van der Waals surface area contributed by atoms with Crippen LogP contribution in [0.15, 0.2) is 113 Å². The Morgan fingerprint density at radius 1 is 1.08 bits per heavy atom. The Kier molecular flexibility index (Phi) is 7.91. The van der Waals surface area contributed by atoms with Gasteiger partial charge in [0.2, 0.25) is 0 Å². The number of nitrogens with zero attached hydrogens (tertiary/aromatic N) is 2. The van der Waals surface area contributed by atoms with Crippen molar-refractivity contribution in [3.63, 3.8) is 0 Å². The zero-order chi connectivity index (χ0) is 27.4. The van der Waals surface area contributed by atoms with Crippen LogP contribution < -0.4 is 19.6 Å². The van der Waals surface area contributed by atoms with Crippen LogP contribution in [0.4, 0.5) is 0 Å². The molecule has 0 amide bonds. The first-order valence-corrected chi connectivity index (χ1v) is 13.5. The molecule has 0 N–H and O–H groups in total. The van der Waals surface area contributed by atoms with Crippen LogP contribution in [0.5, 0.6) is 5.75 Å². The van der Waals surface area contributed by atoms with Gasteiger partial charge in [0.1, 0.15) is 19.0 Å². The molecule has 1 unspecified atom stereocenters. The molecule has 1 aromatic heterocycles. The normalized spacial score (nSPS) is 14.9. The van der Waals surface area contributed by atoms with Crippen molar-refractivity contribution in [3.05, 3.63) is 144 Å². The van der Waals surface area contributed by atoms with Gasteiger partial charge in [-0.15, -0.1) is 0 Å². The second kappa shape index (κ2) is 11.7. The largest absolute Gasteiger partial charge is 0.489 e. The van der Waals surface area contributed by atoms with Crippen LogP contribution in [0.25, 0.3) is 6.08 Å². The lowest BCUT2D eigenvalue weighted by atomic mass is 9.96. The third kappa shape index (κ3) is 5.79. The number of fused-ring (bicyclic) bond motifs is 1. The molecule has 196 valence electrons. The summed E-state index contributed by atoms with van der Waals surface area (Å²) in [6, 6.07) is 23.9. The minimum atomic E-state index is -0.702. The molecule has 2 heterocycles. The van der Waals surface area contributed by atoms with Gasteiger partial charge in [-0.3, -0.25) is 9.36 Å². The van der Waals surface area contributed by atoms with Crippen molar-refractivity contribution in [1.82, 2.24) is 4.57 Å². The van der Waals surface area contributed by atoms with Crippen LogP contribution in [0.1, 0.15) is 29.7 Å². The summed E-state index contributed by atoms with van der Waals surface area (Å²) < 4.78 is 13.3. The zero-order valence-electron chi connectivity index (χ0n) is 21.2. The van der Waals surface area contributed by atoms with Crippen molar-refractivity contribution in [2.24, 2.45) is 4.99 Å². The Morgan fingerprint density at radius 2 is 1.79 bits per heavy atom. The molecular weight excluding hydrogens is 532 g/mol. The van der Waals surface area contributed by atoms with Gasteiger partial charge >= 0.3 is 5.97 Å². The van der Waals surface area contributed by atoms with E-state index in [0.29, 0.717) is 32.2 Å². The molecule has 3 aromatic carbocycles. The Morgan fingerprint density at radius 3 is 2.49 bits per heavy atom. The molecule has 0 aliphatic carbocycles. The molecule has 1 aliphatic heterocycles. The van der Waals surface area contributed by atoms with E-state index in [4.69, 9.17) is 21.1 Å². The van der Waals surface area contributed by atoms with Gasteiger partial charge in [0.05, 0.1) is 21.8 Å². The fraction of sp³-hybridized carbons (Fsp3) is 0.129. The molecule has 0 radical (unpaired) electrons. The molecule has 0 saturated heterocycles. The molecule has 0 bridgehead atoms. The number of aromatic nitrogens is 1. The van der Waals surface area contributed by atoms with Crippen LogP contribution in [0.2, 0.25) is 5.02 Å². The molecule has 39 heavy (non-hydrogen) atoms. The van der Waals surface area contributed by atoms with Gasteiger partial charge in [-0.25, -0.2) is 9.79 Å². The van der Waals surface area contributed by atoms with Gasteiger partial charge in [-0.2, -0.15) is 0 Å². The van der Waals surface area contributed by atoms with Crippen LogP contribution in [0.3, 0.4) is 0 Å². The van der Waals surface area contributed by atoms with Gasteiger partial charge in [0.15, 0.2) is 4.80 Å². The minimum absolute atomic E-state index is 0.0540. The maximum atomic E-state index is 13.7. The summed E-state index contributed by atoms with van der Waals surface area (Å²) in [5.41, 5.74) is 3.21. The van der Waals surface area contributed by atoms with Crippen molar-refractivity contribution in [1.29, 1.82) is 0 Å². The van der Waals surface area contributed by atoms with Crippen molar-refractivity contribution >= 4 is 35.0 Å². The Hall–Kier alpha value is -4.20. The average molecular weight is 557 g/mol. The number of rotatable bonds is 8. The molecule has 1 aliphatic rings. The van der Waals surface area contributed by atoms with Crippen molar-refractivity contribution in [2.75, 3.05) is 6.61 Å². The molecule has 6 nitrogen and oxygen atoms in total. The lowest BCUT2D eigenvalue weighted by Crippen LogP contribution is -2.39. The standard InChI is InChI=1S/C31H25ClN2O4S/c1-3-17-37-30(36)27-20(2)33-31-34(28(27)23-11-13-24(32)14-12-23)29(35)26(39-31)18-21-9-15-25(16-10-21)38-19-22-7-5-4-6-8-22/h3-16,18,28H,1,17,19H2,2H3. The number of hydrogen-bond acceptors (Lipinski definition) is 6. The van der Waals surface area contributed by atoms with E-state index in [1.807, 2.05) is 60.7 Å². The van der Waals surface area contributed by atoms with Crippen LogP contribution in [0, 0.1) is 0 Å². The second-order valence-corrected chi connectivity index (χ2v) is 10.3. The van der Waals surface area contributed by atoms with E-state index in [0.717, 1.165) is 22.4 Å². The van der Waals surface area contributed by atoms with Gasteiger partial charge in [0, 0.05) is 5.02 Å². The predicted octanol–water partition coefficient (Wildman–Crippen LogP) is 5.20. The molecule has 5 rings (SSSR count). The monoisotopic (exact) mass is 556 g/mol. The molecule has 0 spiro atoms. The van der Waals surface area contributed by atoms with Gasteiger partial charge in [0.25, 0.3) is 5.56 Å². The highest BCUT2D eigenvalue weighted by atomic mass is 35.5. The van der Waals surface area contributed by atoms with Gasteiger partial charge < -0.3 is 9.47 Å². The SMILES string of the molecule is C=CCOC(=O)C1=C(C)N=c2sc(=Cc3ccc(OCc4ccccc4)cc3)c(=O)n2C1c1ccc(Cl)cc1. The van der Waals surface area contributed by atoms with E-state index in [9.17, 15) is 9.59 Å². The Bertz CT molecular complexity index is 1720. The lowest BCUT2D eigenvalue weighted by molar-refractivity contribution is -0.138. The maximum Gasteiger partial charge on any atom is 0.338 e. The number of carbonyl (C=O) groups is 1. The highest BCUT2D eigenvalue weighted by Gasteiger charge is 2.33. The van der Waals surface area contributed by atoms with E-state index >= 15 is 0 Å². The third-order valence-electron chi connectivity index (χ3n) is 6.19. The highest BCUT2D eigenvalue weighted by molar-refractivity contribution is 7.07. The first-order valence-electron chi connectivity index (χ1n) is 12.3. The summed E-state index contributed by atoms with van der Waals surface area (Å²) in [7, 11) is 0. The summed E-state index contributed by atoms with van der Waals surface area (Å²) in [5, 5.41) is 0.554. The number of hydrogen-bond donors (Lipinski definition) is 0. The van der Waals surface area contributed by atoms with Gasteiger partial charge in [-0.1, -0.05) is 90.2 Å². The van der Waals surface area contributed by atoms with E-state index in [1.54, 1.807) is 35.8 Å². The van der Waals surface area contributed by atoms with E-state index < -0.39 is 12.0 Å². The number of esters is 1. The highest BCUT2D eigenvalue weighted by Crippen LogP contribution is 2.31. The molecule has 0 fully saturated rings. The Labute approximate surface area is 234 Å². The quantitative estimate of drug-likeness (QED) is 0.221. The van der Waals surface area contributed by atoms with Gasteiger partial charge in [-0.05, 0) is 54.0 Å². The predicted molar refractivity (Wildman–Crippen MR) is 154 cm³/mol. The maximum absolute atomic E-state index is 13.7. The molecule has 4 aromatic rings. The van der Waals surface area contributed by atoms with Crippen LogP contribution in [-0.4, -0.2) is 17.1 Å². The molecule has 0 saturated carbocycles. The zero-order valence-corrected chi connectivity index (χ0v) is 22.7. The number of halogens is 1. The smallest absolute Gasteiger partial charge is 0.338 e. The Balaban J connectivity index is 1.50. The number of thiazole rings is 1. The summed E-state index contributed by atoms with van der Waals surface area (Å²) >= 11 is 7.39. The van der Waals surface area contributed by atoms with Crippen LogP contribution >= 0.6 is 22.9 Å². The number of ether oxygens (including phenoxy) is 2. The van der Waals surface area contributed by atoms with Crippen LogP contribution in [-0.2, 0) is 16.1 Å². The lowest BCUT2D eigenvalue weighted by Gasteiger charge is -2.24. The number of allylic oxidation sites excluding steroid dienone is 1. The van der Waals surface area contributed by atoms with Crippen molar-refractivity contribution in [2.45, 2.75) is 19.6 Å². The summed E-state index contributed by atoms with van der Waals surface area (Å²) in [6.07, 6.45) is 3.32. The average Bonchev–Trinajstić information content (AvgIpc) is 3.25.